The molecule has 0 spiro atoms. The second kappa shape index (κ2) is 9.13. The molecule has 0 fully saturated rings. The SMILES string of the molecule is COCCOCCC(Cc1ccccc1)NN. The molecule has 1 aromatic rings. The molecule has 0 heterocycles. The fourth-order valence-electron chi connectivity index (χ4n) is 1.61. The van der Waals surface area contributed by atoms with E-state index in [1.807, 2.05) is 18.2 Å². The van der Waals surface area contributed by atoms with Gasteiger partial charge in [0.25, 0.3) is 0 Å². The molecule has 4 heteroatoms. The van der Waals surface area contributed by atoms with Crippen molar-refractivity contribution < 1.29 is 9.47 Å². The van der Waals surface area contributed by atoms with Gasteiger partial charge in [0.1, 0.15) is 0 Å². The molecule has 0 saturated carbocycles. The molecule has 0 amide bonds. The van der Waals surface area contributed by atoms with Crippen LogP contribution in [0.15, 0.2) is 30.3 Å². The van der Waals surface area contributed by atoms with Crippen molar-refractivity contribution in [1.29, 1.82) is 0 Å². The number of ether oxygens (including phenoxy) is 2. The summed E-state index contributed by atoms with van der Waals surface area (Å²) in [7, 11) is 1.67. The van der Waals surface area contributed by atoms with E-state index >= 15 is 0 Å². The summed E-state index contributed by atoms with van der Waals surface area (Å²) in [6, 6.07) is 10.6. The van der Waals surface area contributed by atoms with Crippen molar-refractivity contribution in [2.75, 3.05) is 26.9 Å². The molecular weight excluding hydrogens is 216 g/mol. The highest BCUT2D eigenvalue weighted by atomic mass is 16.5. The summed E-state index contributed by atoms with van der Waals surface area (Å²) in [5.74, 6) is 5.53. The Kier molecular flexibility index (Phi) is 7.58. The van der Waals surface area contributed by atoms with Crippen LogP contribution >= 0.6 is 0 Å². The maximum atomic E-state index is 5.53. The van der Waals surface area contributed by atoms with Gasteiger partial charge in [-0.3, -0.25) is 11.3 Å². The molecule has 0 aliphatic rings. The first-order valence-corrected chi connectivity index (χ1v) is 5.93. The third kappa shape index (κ3) is 6.38. The van der Waals surface area contributed by atoms with Gasteiger partial charge in [-0.05, 0) is 18.4 Å². The van der Waals surface area contributed by atoms with Crippen LogP contribution in [0.2, 0.25) is 0 Å². The number of hydrazine groups is 1. The average molecular weight is 238 g/mol. The minimum atomic E-state index is 0.250. The molecule has 1 atom stereocenters. The zero-order valence-electron chi connectivity index (χ0n) is 10.4. The van der Waals surface area contributed by atoms with E-state index in [9.17, 15) is 0 Å². The molecule has 0 aliphatic carbocycles. The Bertz CT molecular complexity index is 280. The van der Waals surface area contributed by atoms with Crippen molar-refractivity contribution in [3.8, 4) is 0 Å². The van der Waals surface area contributed by atoms with E-state index in [0.29, 0.717) is 19.8 Å². The highest BCUT2D eigenvalue weighted by Gasteiger charge is 2.07. The summed E-state index contributed by atoms with van der Waals surface area (Å²) in [5.41, 5.74) is 4.11. The van der Waals surface area contributed by atoms with Crippen LogP contribution in [-0.4, -0.2) is 33.0 Å². The number of nitrogens with one attached hydrogen (secondary N) is 1. The highest BCUT2D eigenvalue weighted by molar-refractivity contribution is 5.15. The highest BCUT2D eigenvalue weighted by Crippen LogP contribution is 2.05. The van der Waals surface area contributed by atoms with Gasteiger partial charge < -0.3 is 9.47 Å². The Labute approximate surface area is 103 Å². The van der Waals surface area contributed by atoms with Crippen LogP contribution in [0.25, 0.3) is 0 Å². The van der Waals surface area contributed by atoms with Crippen LogP contribution in [0.1, 0.15) is 12.0 Å². The van der Waals surface area contributed by atoms with Gasteiger partial charge in [-0.1, -0.05) is 30.3 Å². The first-order chi connectivity index (χ1) is 8.36. The van der Waals surface area contributed by atoms with E-state index in [0.717, 1.165) is 12.8 Å². The molecule has 1 rings (SSSR count). The van der Waals surface area contributed by atoms with Crippen molar-refractivity contribution in [3.63, 3.8) is 0 Å². The van der Waals surface area contributed by atoms with Gasteiger partial charge in [0.2, 0.25) is 0 Å². The van der Waals surface area contributed by atoms with Crippen molar-refractivity contribution in [2.45, 2.75) is 18.9 Å². The molecule has 17 heavy (non-hydrogen) atoms. The Balaban J connectivity index is 2.20. The van der Waals surface area contributed by atoms with Crippen LogP contribution in [0, 0.1) is 0 Å². The quantitative estimate of drug-likeness (QED) is 0.384. The summed E-state index contributed by atoms with van der Waals surface area (Å²) >= 11 is 0. The van der Waals surface area contributed by atoms with E-state index in [2.05, 4.69) is 17.6 Å². The number of hydrogen-bond acceptors (Lipinski definition) is 4. The Morgan fingerprint density at radius 1 is 1.18 bits per heavy atom. The Morgan fingerprint density at radius 3 is 2.59 bits per heavy atom. The predicted octanol–water partition coefficient (Wildman–Crippen LogP) is 1.11. The number of nitrogens with two attached hydrogens (primary N) is 1. The van der Waals surface area contributed by atoms with Crippen molar-refractivity contribution in [2.24, 2.45) is 5.84 Å². The van der Waals surface area contributed by atoms with Gasteiger partial charge in [0.05, 0.1) is 13.2 Å². The lowest BCUT2D eigenvalue weighted by atomic mass is 10.0. The smallest absolute Gasteiger partial charge is 0.0700 e. The lowest BCUT2D eigenvalue weighted by Gasteiger charge is -2.15. The fraction of sp³-hybridized carbons (Fsp3) is 0.538. The first-order valence-electron chi connectivity index (χ1n) is 5.93. The topological polar surface area (TPSA) is 56.5 Å². The van der Waals surface area contributed by atoms with Crippen molar-refractivity contribution >= 4 is 0 Å². The molecule has 0 saturated heterocycles. The van der Waals surface area contributed by atoms with E-state index in [4.69, 9.17) is 15.3 Å². The van der Waals surface area contributed by atoms with Crippen molar-refractivity contribution in [1.82, 2.24) is 5.43 Å². The molecule has 96 valence electrons. The lowest BCUT2D eigenvalue weighted by molar-refractivity contribution is 0.0658. The maximum Gasteiger partial charge on any atom is 0.0700 e. The molecule has 0 aromatic heterocycles. The maximum absolute atomic E-state index is 5.53. The molecule has 0 aliphatic heterocycles. The summed E-state index contributed by atoms with van der Waals surface area (Å²) < 4.78 is 10.3. The molecule has 0 radical (unpaired) electrons. The van der Waals surface area contributed by atoms with Crippen molar-refractivity contribution in [3.05, 3.63) is 35.9 Å². The monoisotopic (exact) mass is 238 g/mol. The number of rotatable bonds is 9. The van der Waals surface area contributed by atoms with Crippen LogP contribution in [-0.2, 0) is 15.9 Å². The Morgan fingerprint density at radius 2 is 1.94 bits per heavy atom. The summed E-state index contributed by atoms with van der Waals surface area (Å²) in [5, 5.41) is 0. The average Bonchev–Trinajstić information content (AvgIpc) is 2.38. The molecular formula is C13H22N2O2. The largest absolute Gasteiger partial charge is 0.382 e. The first kappa shape index (κ1) is 14.1. The van der Waals surface area contributed by atoms with E-state index in [1.165, 1.54) is 5.56 Å². The number of hydrogen-bond donors (Lipinski definition) is 2. The van der Waals surface area contributed by atoms with Crippen LogP contribution < -0.4 is 11.3 Å². The Hall–Kier alpha value is -0.940. The molecule has 1 unspecified atom stereocenters. The molecule has 0 bridgehead atoms. The summed E-state index contributed by atoms with van der Waals surface area (Å²) in [6.45, 7) is 1.98. The van der Waals surface area contributed by atoms with Gasteiger partial charge in [-0.25, -0.2) is 0 Å². The minimum Gasteiger partial charge on any atom is -0.382 e. The van der Waals surface area contributed by atoms with Crippen LogP contribution in [0.3, 0.4) is 0 Å². The third-order valence-corrected chi connectivity index (χ3v) is 2.60. The summed E-state index contributed by atoms with van der Waals surface area (Å²) in [4.78, 5) is 0. The van der Waals surface area contributed by atoms with E-state index < -0.39 is 0 Å². The lowest BCUT2D eigenvalue weighted by Crippen LogP contribution is -2.37. The van der Waals surface area contributed by atoms with Gasteiger partial charge in [-0.2, -0.15) is 0 Å². The summed E-state index contributed by atoms with van der Waals surface area (Å²) in [6.07, 6.45) is 1.82. The van der Waals surface area contributed by atoms with Gasteiger partial charge >= 0.3 is 0 Å². The molecule has 4 nitrogen and oxygen atoms in total. The normalized spacial score (nSPS) is 12.6. The van der Waals surface area contributed by atoms with Gasteiger partial charge in [0, 0.05) is 19.8 Å². The standard InChI is InChI=1S/C13H22N2O2/c1-16-9-10-17-8-7-13(15-14)11-12-5-3-2-4-6-12/h2-6,13,15H,7-11,14H2,1H3. The van der Waals surface area contributed by atoms with Crippen LogP contribution in [0.5, 0.6) is 0 Å². The number of benzene rings is 1. The zero-order chi connectivity index (χ0) is 12.3. The fourth-order valence-corrected chi connectivity index (χ4v) is 1.61. The minimum absolute atomic E-state index is 0.250. The second-order valence-corrected chi connectivity index (χ2v) is 3.95. The van der Waals surface area contributed by atoms with E-state index in [-0.39, 0.29) is 6.04 Å². The number of methoxy groups -OCH3 is 1. The van der Waals surface area contributed by atoms with Crippen LogP contribution in [0.4, 0.5) is 0 Å². The predicted molar refractivity (Wildman–Crippen MR) is 68.6 cm³/mol. The molecule has 1 aromatic carbocycles. The van der Waals surface area contributed by atoms with E-state index in [1.54, 1.807) is 7.11 Å². The molecule has 3 N–H and O–H groups in total. The third-order valence-electron chi connectivity index (χ3n) is 2.60. The van der Waals surface area contributed by atoms with Gasteiger partial charge in [-0.15, -0.1) is 0 Å². The zero-order valence-corrected chi connectivity index (χ0v) is 10.4. The van der Waals surface area contributed by atoms with Gasteiger partial charge in [0.15, 0.2) is 0 Å². The second-order valence-electron chi connectivity index (χ2n) is 3.95.